The van der Waals surface area contributed by atoms with Gasteiger partial charge in [-0.15, -0.1) is 5.10 Å². The molecule has 10 nitrogen and oxygen atoms in total. The average Bonchev–Trinajstić information content (AvgIpc) is 3.20. The van der Waals surface area contributed by atoms with Crippen LogP contribution in [0.4, 0.5) is 17.4 Å². The molecule has 0 saturated heterocycles. The van der Waals surface area contributed by atoms with Gasteiger partial charge in [0, 0.05) is 10.4 Å². The van der Waals surface area contributed by atoms with Gasteiger partial charge in [-0.3, -0.25) is 4.98 Å². The number of para-hydroxylation sites is 1. The number of anilines is 3. The number of halogens is 1. The number of rotatable bonds is 6. The number of aromatic nitrogens is 3. The average molecular weight is 446 g/mol. The van der Waals surface area contributed by atoms with Gasteiger partial charge in [-0.2, -0.15) is 0 Å². The Morgan fingerprint density at radius 2 is 1.97 bits per heavy atom. The molecule has 0 bridgehead atoms. The minimum atomic E-state index is -4.23. The molecule has 4 aromatic rings. The van der Waals surface area contributed by atoms with Crippen LogP contribution in [0.2, 0.25) is 5.02 Å². The van der Waals surface area contributed by atoms with Crippen molar-refractivity contribution < 1.29 is 22.7 Å². The van der Waals surface area contributed by atoms with Gasteiger partial charge in [0.2, 0.25) is 6.39 Å². The highest BCUT2D eigenvalue weighted by Crippen LogP contribution is 2.35. The van der Waals surface area contributed by atoms with Gasteiger partial charge in [0.05, 0.1) is 28.7 Å². The molecule has 3 N–H and O–H groups in total. The Labute approximate surface area is 174 Å². The fourth-order valence-electron chi connectivity index (χ4n) is 2.78. The molecule has 30 heavy (non-hydrogen) atoms. The third-order valence-corrected chi connectivity index (χ3v) is 5.65. The summed E-state index contributed by atoms with van der Waals surface area (Å²) >= 11 is 6.11. The van der Waals surface area contributed by atoms with Crippen LogP contribution in [0.5, 0.6) is 0 Å². The van der Waals surface area contributed by atoms with Crippen molar-refractivity contribution in [3.63, 3.8) is 0 Å². The van der Waals surface area contributed by atoms with E-state index in [1.54, 1.807) is 24.3 Å². The lowest BCUT2D eigenvalue weighted by atomic mass is 10.1. The van der Waals surface area contributed by atoms with Gasteiger partial charge in [0.25, 0.3) is 10.0 Å². The smallest absolute Gasteiger partial charge is 0.337 e. The lowest BCUT2D eigenvalue weighted by Gasteiger charge is -2.16. The molecule has 0 fully saturated rings. The molecule has 2 aromatic carbocycles. The van der Waals surface area contributed by atoms with Crippen molar-refractivity contribution in [2.24, 2.45) is 0 Å². The van der Waals surface area contributed by atoms with Crippen molar-refractivity contribution in [3.8, 4) is 0 Å². The monoisotopic (exact) mass is 445 g/mol. The predicted molar refractivity (Wildman–Crippen MR) is 109 cm³/mol. The second-order valence-electron chi connectivity index (χ2n) is 5.98. The van der Waals surface area contributed by atoms with Gasteiger partial charge in [0.15, 0.2) is 0 Å². The SMILES string of the molecule is O=C(O)c1ccccc1Nc1c(S(=O)(=O)Nc2nnco2)cnc2ccc(Cl)cc12. The standard InChI is InChI=1S/C18H12ClN5O5S/c19-10-5-6-13-12(7-10)16(22-14-4-2-1-3-11(14)17(25)26)15(8-20-13)30(27,28)24-18-23-21-9-29-18/h1-9H,(H,20,22)(H,23,24)(H,25,26). The van der Waals surface area contributed by atoms with Gasteiger partial charge in [-0.05, 0) is 30.3 Å². The van der Waals surface area contributed by atoms with E-state index in [1.807, 2.05) is 0 Å². The van der Waals surface area contributed by atoms with Crippen LogP contribution in [0.15, 0.2) is 64.4 Å². The van der Waals surface area contributed by atoms with Crippen LogP contribution in [-0.4, -0.2) is 34.7 Å². The molecule has 0 saturated carbocycles. The summed E-state index contributed by atoms with van der Waals surface area (Å²) in [6.07, 6.45) is 2.11. The van der Waals surface area contributed by atoms with E-state index in [-0.39, 0.29) is 27.8 Å². The van der Waals surface area contributed by atoms with Crippen molar-refractivity contribution in [2.75, 3.05) is 10.0 Å². The number of fused-ring (bicyclic) bond motifs is 1. The number of hydrogen-bond donors (Lipinski definition) is 3. The van der Waals surface area contributed by atoms with Crippen molar-refractivity contribution in [1.82, 2.24) is 15.2 Å². The fraction of sp³-hybridized carbons (Fsp3) is 0. The van der Waals surface area contributed by atoms with Gasteiger partial charge in [-0.1, -0.05) is 28.8 Å². The maximum Gasteiger partial charge on any atom is 0.337 e. The molecule has 12 heteroatoms. The molecular formula is C18H12ClN5O5S. The highest BCUT2D eigenvalue weighted by Gasteiger charge is 2.24. The minimum Gasteiger partial charge on any atom is -0.478 e. The van der Waals surface area contributed by atoms with E-state index in [9.17, 15) is 18.3 Å². The van der Waals surface area contributed by atoms with E-state index in [4.69, 9.17) is 16.0 Å². The highest BCUT2D eigenvalue weighted by molar-refractivity contribution is 7.92. The molecule has 152 valence electrons. The van der Waals surface area contributed by atoms with Crippen LogP contribution < -0.4 is 10.0 Å². The summed E-state index contributed by atoms with van der Waals surface area (Å²) in [7, 11) is -4.23. The molecule has 0 radical (unpaired) electrons. The van der Waals surface area contributed by atoms with E-state index < -0.39 is 16.0 Å². The van der Waals surface area contributed by atoms with Crippen molar-refractivity contribution in [1.29, 1.82) is 0 Å². The van der Waals surface area contributed by atoms with E-state index >= 15 is 0 Å². The Hall–Kier alpha value is -3.70. The van der Waals surface area contributed by atoms with E-state index in [1.165, 1.54) is 18.2 Å². The van der Waals surface area contributed by atoms with E-state index in [0.29, 0.717) is 15.9 Å². The second-order valence-corrected chi connectivity index (χ2v) is 8.07. The fourth-order valence-corrected chi connectivity index (χ4v) is 4.00. The number of benzene rings is 2. The van der Waals surface area contributed by atoms with Crippen LogP contribution in [0.3, 0.4) is 0 Å². The molecule has 2 aromatic heterocycles. The first-order chi connectivity index (χ1) is 14.3. The molecule has 0 unspecified atom stereocenters. The van der Waals surface area contributed by atoms with Crippen LogP contribution in [0.25, 0.3) is 10.9 Å². The molecule has 0 aliphatic rings. The minimum absolute atomic E-state index is 0.0438. The number of pyridine rings is 1. The molecule has 0 aliphatic carbocycles. The second kappa shape index (κ2) is 7.61. The Kier molecular flexibility index (Phi) is 4.98. The number of nitrogens with zero attached hydrogens (tertiary/aromatic N) is 3. The lowest BCUT2D eigenvalue weighted by molar-refractivity contribution is 0.0698. The molecule has 0 amide bonds. The van der Waals surface area contributed by atoms with Crippen LogP contribution in [0, 0.1) is 0 Å². The van der Waals surface area contributed by atoms with Gasteiger partial charge in [0.1, 0.15) is 4.90 Å². The topological polar surface area (TPSA) is 147 Å². The Morgan fingerprint density at radius 3 is 2.70 bits per heavy atom. The normalized spacial score (nSPS) is 11.4. The first kappa shape index (κ1) is 19.6. The number of sulfonamides is 1. The van der Waals surface area contributed by atoms with Gasteiger partial charge < -0.3 is 14.8 Å². The van der Waals surface area contributed by atoms with Crippen molar-refractivity contribution in [2.45, 2.75) is 4.90 Å². The van der Waals surface area contributed by atoms with Gasteiger partial charge >= 0.3 is 12.0 Å². The Balaban J connectivity index is 1.93. The number of carboxylic acids is 1. The molecule has 0 aliphatic heterocycles. The highest BCUT2D eigenvalue weighted by atomic mass is 35.5. The Morgan fingerprint density at radius 1 is 1.17 bits per heavy atom. The molecule has 4 rings (SSSR count). The Bertz CT molecular complexity index is 1360. The summed E-state index contributed by atoms with van der Waals surface area (Å²) in [5.74, 6) is -1.18. The number of nitrogens with one attached hydrogen (secondary N) is 2. The molecule has 0 spiro atoms. The van der Waals surface area contributed by atoms with Crippen molar-refractivity contribution >= 4 is 55.9 Å². The van der Waals surface area contributed by atoms with E-state index in [0.717, 1.165) is 12.6 Å². The largest absolute Gasteiger partial charge is 0.478 e. The summed E-state index contributed by atoms with van der Waals surface area (Å²) in [5.41, 5.74) is 0.680. The number of carboxylic acid groups (broad SMARTS) is 1. The predicted octanol–water partition coefficient (Wildman–Crippen LogP) is 3.51. The zero-order chi connectivity index (χ0) is 21.3. The molecule has 2 heterocycles. The number of hydrogen-bond acceptors (Lipinski definition) is 8. The van der Waals surface area contributed by atoms with Gasteiger partial charge in [-0.25, -0.2) is 17.9 Å². The zero-order valence-corrected chi connectivity index (χ0v) is 16.5. The number of aromatic carboxylic acids is 1. The summed E-state index contributed by atoms with van der Waals surface area (Å²) in [6.45, 7) is 0. The van der Waals surface area contributed by atoms with Crippen LogP contribution in [0.1, 0.15) is 10.4 Å². The maximum atomic E-state index is 13.0. The quantitative estimate of drug-likeness (QED) is 0.405. The molecule has 0 atom stereocenters. The first-order valence-corrected chi connectivity index (χ1v) is 10.2. The lowest BCUT2D eigenvalue weighted by Crippen LogP contribution is -2.16. The maximum absolute atomic E-state index is 13.0. The zero-order valence-electron chi connectivity index (χ0n) is 14.9. The first-order valence-electron chi connectivity index (χ1n) is 8.32. The van der Waals surface area contributed by atoms with E-state index in [2.05, 4.69) is 25.2 Å². The summed E-state index contributed by atoms with van der Waals surface area (Å²) in [5, 5.41) is 20.0. The van der Waals surface area contributed by atoms with Crippen LogP contribution in [-0.2, 0) is 10.0 Å². The summed E-state index contributed by atoms with van der Waals surface area (Å²) < 4.78 is 33.0. The third kappa shape index (κ3) is 3.75. The third-order valence-electron chi connectivity index (χ3n) is 4.08. The summed E-state index contributed by atoms with van der Waals surface area (Å²) in [4.78, 5) is 15.5. The molecular weight excluding hydrogens is 434 g/mol. The van der Waals surface area contributed by atoms with Crippen molar-refractivity contribution in [3.05, 3.63) is 65.6 Å². The number of carbonyl (C=O) groups is 1. The van der Waals surface area contributed by atoms with Crippen LogP contribution >= 0.6 is 11.6 Å². The summed E-state index contributed by atoms with van der Waals surface area (Å²) in [6, 6.07) is 10.5.